The number of nitro benzene ring substituents is 1. The van der Waals surface area contributed by atoms with Crippen LogP contribution in [0.5, 0.6) is 5.75 Å². The molecule has 1 heterocycles. The van der Waals surface area contributed by atoms with Gasteiger partial charge in [0.05, 0.1) is 4.92 Å². The molecule has 0 bridgehead atoms. The van der Waals surface area contributed by atoms with Crippen LogP contribution in [0.15, 0.2) is 18.2 Å². The van der Waals surface area contributed by atoms with Gasteiger partial charge in [-0.2, -0.15) is 0 Å². The van der Waals surface area contributed by atoms with Crippen molar-refractivity contribution in [2.75, 3.05) is 26.8 Å². The molecule has 0 aliphatic carbocycles. The summed E-state index contributed by atoms with van der Waals surface area (Å²) in [5.74, 6) is -0.281. The van der Waals surface area contributed by atoms with E-state index in [1.165, 1.54) is 11.0 Å². The lowest BCUT2D eigenvalue weighted by Crippen LogP contribution is -2.34. The van der Waals surface area contributed by atoms with E-state index in [4.69, 9.17) is 4.74 Å². The zero-order valence-corrected chi connectivity index (χ0v) is 11.8. The van der Waals surface area contributed by atoms with Crippen LogP contribution in [0.2, 0.25) is 0 Å². The summed E-state index contributed by atoms with van der Waals surface area (Å²) >= 11 is 0. The van der Waals surface area contributed by atoms with Crippen LogP contribution in [0.25, 0.3) is 0 Å². The van der Waals surface area contributed by atoms with Crippen LogP contribution in [0, 0.1) is 16.0 Å². The van der Waals surface area contributed by atoms with E-state index >= 15 is 0 Å². The molecule has 21 heavy (non-hydrogen) atoms. The number of hydrogen-bond donors (Lipinski definition) is 1. The Labute approximate surface area is 122 Å². The van der Waals surface area contributed by atoms with Crippen molar-refractivity contribution in [3.05, 3.63) is 33.9 Å². The molecule has 1 aliphatic heterocycles. The summed E-state index contributed by atoms with van der Waals surface area (Å²) in [4.78, 5) is 24.2. The van der Waals surface area contributed by atoms with Gasteiger partial charge in [0, 0.05) is 32.9 Å². The van der Waals surface area contributed by atoms with Crippen molar-refractivity contribution in [3.8, 4) is 5.75 Å². The minimum Gasteiger partial charge on any atom is -0.508 e. The molecule has 1 saturated heterocycles. The van der Waals surface area contributed by atoms with E-state index in [9.17, 15) is 20.0 Å². The Morgan fingerprint density at radius 2 is 2.14 bits per heavy atom. The average molecular weight is 294 g/mol. The molecule has 114 valence electrons. The third-order valence-electron chi connectivity index (χ3n) is 3.63. The zero-order chi connectivity index (χ0) is 15.4. The van der Waals surface area contributed by atoms with Crippen molar-refractivity contribution in [1.29, 1.82) is 0 Å². The van der Waals surface area contributed by atoms with Crippen LogP contribution in [0.3, 0.4) is 0 Å². The average Bonchev–Trinajstić information content (AvgIpc) is 2.47. The number of ether oxygens (including phenoxy) is 1. The minimum absolute atomic E-state index is 0.0884. The second-order valence-corrected chi connectivity index (χ2v) is 5.20. The van der Waals surface area contributed by atoms with E-state index in [1.807, 2.05) is 0 Å². The molecule has 1 aliphatic rings. The molecule has 1 N–H and O–H groups in total. The summed E-state index contributed by atoms with van der Waals surface area (Å²) in [7, 11) is 1.62. The number of benzene rings is 1. The first kappa shape index (κ1) is 15.2. The Balaban J connectivity index is 2.14. The number of carbonyl (C=O) groups is 1. The lowest BCUT2D eigenvalue weighted by molar-refractivity contribution is -0.385. The summed E-state index contributed by atoms with van der Waals surface area (Å²) in [6.07, 6.45) is 1.75. The van der Waals surface area contributed by atoms with Gasteiger partial charge in [-0.1, -0.05) is 0 Å². The van der Waals surface area contributed by atoms with Gasteiger partial charge in [-0.3, -0.25) is 14.9 Å². The predicted molar refractivity (Wildman–Crippen MR) is 75.3 cm³/mol. The standard InChI is InChI=1S/C14H18N2O5/c1-15(9-10-4-6-21-7-5-10)14(18)12-8-11(17)2-3-13(12)16(19)20/h2-3,8,10,17H,4-7,9H2,1H3. The normalized spacial score (nSPS) is 15.7. The van der Waals surface area contributed by atoms with Gasteiger partial charge in [0.15, 0.2) is 0 Å². The first-order chi connectivity index (χ1) is 9.99. The van der Waals surface area contributed by atoms with Gasteiger partial charge >= 0.3 is 0 Å². The van der Waals surface area contributed by atoms with E-state index in [0.29, 0.717) is 25.7 Å². The van der Waals surface area contributed by atoms with Crippen molar-refractivity contribution in [1.82, 2.24) is 4.90 Å². The van der Waals surface area contributed by atoms with E-state index < -0.39 is 10.8 Å². The third-order valence-corrected chi connectivity index (χ3v) is 3.63. The number of nitrogens with zero attached hydrogens (tertiary/aromatic N) is 2. The second-order valence-electron chi connectivity index (χ2n) is 5.20. The summed E-state index contributed by atoms with van der Waals surface area (Å²) in [5.41, 5.74) is -0.383. The number of aromatic hydroxyl groups is 1. The number of rotatable bonds is 4. The van der Waals surface area contributed by atoms with Crippen molar-refractivity contribution in [3.63, 3.8) is 0 Å². The van der Waals surface area contributed by atoms with Crippen molar-refractivity contribution < 1.29 is 19.6 Å². The largest absolute Gasteiger partial charge is 0.508 e. The highest BCUT2D eigenvalue weighted by Gasteiger charge is 2.25. The lowest BCUT2D eigenvalue weighted by Gasteiger charge is -2.27. The number of phenolic OH excluding ortho intramolecular Hbond substituents is 1. The fraction of sp³-hybridized carbons (Fsp3) is 0.500. The van der Waals surface area contributed by atoms with Gasteiger partial charge in [0.2, 0.25) is 0 Å². The second kappa shape index (κ2) is 6.53. The number of nitro groups is 1. The summed E-state index contributed by atoms with van der Waals surface area (Å²) in [6, 6.07) is 3.49. The maximum atomic E-state index is 12.4. The molecular weight excluding hydrogens is 276 g/mol. The van der Waals surface area contributed by atoms with Gasteiger partial charge in [0.1, 0.15) is 11.3 Å². The van der Waals surface area contributed by atoms with Gasteiger partial charge < -0.3 is 14.7 Å². The minimum atomic E-state index is -0.616. The smallest absolute Gasteiger partial charge is 0.282 e. The van der Waals surface area contributed by atoms with E-state index in [0.717, 1.165) is 25.0 Å². The molecule has 1 aromatic carbocycles. The summed E-state index contributed by atoms with van der Waals surface area (Å²) < 4.78 is 5.27. The Bertz CT molecular complexity index is 540. The number of phenols is 1. The molecule has 1 amide bonds. The highest BCUT2D eigenvalue weighted by Crippen LogP contribution is 2.25. The molecule has 0 unspecified atom stereocenters. The zero-order valence-electron chi connectivity index (χ0n) is 11.8. The van der Waals surface area contributed by atoms with E-state index in [-0.39, 0.29) is 17.0 Å². The maximum Gasteiger partial charge on any atom is 0.282 e. The van der Waals surface area contributed by atoms with Gasteiger partial charge in [-0.25, -0.2) is 0 Å². The van der Waals surface area contributed by atoms with Crippen LogP contribution in [0.1, 0.15) is 23.2 Å². The highest BCUT2D eigenvalue weighted by molar-refractivity contribution is 5.98. The van der Waals surface area contributed by atoms with Crippen LogP contribution in [-0.2, 0) is 4.74 Å². The molecular formula is C14H18N2O5. The highest BCUT2D eigenvalue weighted by atomic mass is 16.6. The summed E-state index contributed by atoms with van der Waals surface area (Å²) in [6.45, 7) is 1.88. The molecule has 1 aromatic rings. The van der Waals surface area contributed by atoms with Gasteiger partial charge in [-0.05, 0) is 30.9 Å². The monoisotopic (exact) mass is 294 g/mol. The maximum absolute atomic E-state index is 12.4. The lowest BCUT2D eigenvalue weighted by atomic mass is 9.99. The Morgan fingerprint density at radius 3 is 2.76 bits per heavy atom. The third kappa shape index (κ3) is 3.69. The Kier molecular flexibility index (Phi) is 4.74. The molecule has 0 aromatic heterocycles. The van der Waals surface area contributed by atoms with E-state index in [2.05, 4.69) is 0 Å². The molecule has 7 nitrogen and oxygen atoms in total. The van der Waals surface area contributed by atoms with Crippen LogP contribution >= 0.6 is 0 Å². The molecule has 0 saturated carbocycles. The molecule has 2 rings (SSSR count). The topological polar surface area (TPSA) is 92.9 Å². The van der Waals surface area contributed by atoms with Crippen LogP contribution in [-0.4, -0.2) is 47.6 Å². The molecule has 7 heteroatoms. The Hall–Kier alpha value is -2.15. The van der Waals surface area contributed by atoms with Crippen molar-refractivity contribution in [2.24, 2.45) is 5.92 Å². The van der Waals surface area contributed by atoms with Gasteiger partial charge in [-0.15, -0.1) is 0 Å². The van der Waals surface area contributed by atoms with Gasteiger partial charge in [0.25, 0.3) is 11.6 Å². The quantitative estimate of drug-likeness (QED) is 0.675. The number of carbonyl (C=O) groups excluding carboxylic acids is 1. The Morgan fingerprint density at radius 1 is 1.48 bits per heavy atom. The first-order valence-corrected chi connectivity index (χ1v) is 6.79. The van der Waals surface area contributed by atoms with Crippen LogP contribution < -0.4 is 0 Å². The SMILES string of the molecule is CN(CC1CCOCC1)C(=O)c1cc(O)ccc1[N+](=O)[O-]. The molecule has 0 atom stereocenters. The van der Waals surface area contributed by atoms with E-state index in [1.54, 1.807) is 7.05 Å². The van der Waals surface area contributed by atoms with Crippen molar-refractivity contribution >= 4 is 11.6 Å². The van der Waals surface area contributed by atoms with Crippen LogP contribution in [0.4, 0.5) is 5.69 Å². The summed E-state index contributed by atoms with van der Waals surface area (Å²) in [5, 5.41) is 20.4. The fourth-order valence-electron chi connectivity index (χ4n) is 2.46. The fourth-order valence-corrected chi connectivity index (χ4v) is 2.46. The number of hydrogen-bond acceptors (Lipinski definition) is 5. The molecule has 1 fully saturated rings. The first-order valence-electron chi connectivity index (χ1n) is 6.79. The molecule has 0 radical (unpaired) electrons. The number of amides is 1. The predicted octanol–water partition coefficient (Wildman–Crippen LogP) is 1.80. The molecule has 0 spiro atoms. The van der Waals surface area contributed by atoms with Crippen molar-refractivity contribution in [2.45, 2.75) is 12.8 Å².